The van der Waals surface area contributed by atoms with Gasteiger partial charge in [-0.25, -0.2) is 0 Å². The minimum atomic E-state index is -2.43. The van der Waals surface area contributed by atoms with E-state index in [1.165, 1.54) is 0 Å². The normalized spacial score (nSPS) is 9.88. The molecule has 0 saturated carbocycles. The van der Waals surface area contributed by atoms with Crippen LogP contribution in [0.15, 0.2) is 52.9 Å². The lowest BCUT2D eigenvalue weighted by Gasteiger charge is -2.01. The van der Waals surface area contributed by atoms with Crippen molar-refractivity contribution < 1.29 is 13.5 Å². The second-order valence-corrected chi connectivity index (χ2v) is 4.02. The maximum atomic E-state index is 10.4. The Bertz CT molecular complexity index is 635. The monoisotopic (exact) mass is 247 g/mol. The second-order valence-electron chi connectivity index (χ2n) is 3.40. The van der Waals surface area contributed by atoms with E-state index in [2.05, 4.69) is 4.36 Å². The number of hydrogen-bond acceptors (Lipinski definition) is 4. The van der Waals surface area contributed by atoms with Crippen LogP contribution in [0.3, 0.4) is 0 Å². The van der Waals surface area contributed by atoms with Gasteiger partial charge in [0.15, 0.2) is 0 Å². The smallest absolute Gasteiger partial charge is 0.316 e. The first-order valence-electron chi connectivity index (χ1n) is 4.86. The predicted molar refractivity (Wildman–Crippen MR) is 64.6 cm³/mol. The summed E-state index contributed by atoms with van der Waals surface area (Å²) >= 11 is 0. The maximum Gasteiger partial charge on any atom is 0.316 e. The summed E-state index contributed by atoms with van der Waals surface area (Å²) in [5.41, 5.74) is 2.26. The van der Waals surface area contributed by atoms with Gasteiger partial charge in [0.1, 0.15) is 5.75 Å². The highest BCUT2D eigenvalue weighted by Crippen LogP contribution is 2.24. The molecule has 2 rings (SSSR count). The number of benzene rings is 2. The molecule has 0 unspecified atom stereocenters. The van der Waals surface area contributed by atoms with Crippen LogP contribution in [-0.4, -0.2) is 13.5 Å². The van der Waals surface area contributed by atoms with Gasteiger partial charge in [0, 0.05) is 0 Å². The minimum Gasteiger partial charge on any atom is -0.508 e. The Labute approximate surface area is 99.9 Å². The third-order valence-corrected chi connectivity index (χ3v) is 2.61. The Balaban J connectivity index is 2.35. The third-order valence-electron chi connectivity index (χ3n) is 2.25. The van der Waals surface area contributed by atoms with E-state index in [1.807, 2.05) is 0 Å². The van der Waals surface area contributed by atoms with E-state index in [0.29, 0.717) is 5.69 Å². The van der Waals surface area contributed by atoms with Crippen LogP contribution in [0.4, 0.5) is 5.69 Å². The summed E-state index contributed by atoms with van der Waals surface area (Å²) in [5.74, 6) is 0.210. The first-order chi connectivity index (χ1) is 8.15. The highest BCUT2D eigenvalue weighted by molar-refractivity contribution is 7.61. The predicted octanol–water partition coefficient (Wildman–Crippen LogP) is 2.75. The fraction of sp³-hybridized carbons (Fsp3) is 0. The molecule has 4 nitrogen and oxygen atoms in total. The Morgan fingerprint density at radius 1 is 0.824 bits per heavy atom. The van der Waals surface area contributed by atoms with Gasteiger partial charge in [0.2, 0.25) is 0 Å². The van der Waals surface area contributed by atoms with Gasteiger partial charge in [-0.1, -0.05) is 24.3 Å². The quantitative estimate of drug-likeness (QED) is 0.887. The van der Waals surface area contributed by atoms with Gasteiger partial charge in [-0.05, 0) is 35.4 Å². The number of phenolic OH excluding ortho intramolecular Hbond substituents is 1. The third kappa shape index (κ3) is 2.92. The van der Waals surface area contributed by atoms with Crippen LogP contribution in [-0.2, 0) is 10.5 Å². The molecule has 2 aromatic rings. The summed E-state index contributed by atoms with van der Waals surface area (Å²) in [6.45, 7) is 0. The number of hydrogen-bond donors (Lipinski definition) is 1. The standard InChI is InChI=1S/C12H9NO3S/c14-12-7-3-10(4-8-12)9-1-5-11(6-2-9)13-17(15)16/h1-8,14H. The molecule has 17 heavy (non-hydrogen) atoms. The molecule has 1 N–H and O–H groups in total. The van der Waals surface area contributed by atoms with Crippen molar-refractivity contribution in [3.63, 3.8) is 0 Å². The molecule has 0 bridgehead atoms. The van der Waals surface area contributed by atoms with Gasteiger partial charge in [-0.3, -0.25) is 0 Å². The summed E-state index contributed by atoms with van der Waals surface area (Å²) in [6.07, 6.45) is 0. The molecule has 86 valence electrons. The van der Waals surface area contributed by atoms with Crippen molar-refractivity contribution in [2.24, 2.45) is 4.36 Å². The first kappa shape index (κ1) is 11.3. The SMILES string of the molecule is O=S(=O)=Nc1ccc(-c2ccc(O)cc2)cc1. The Morgan fingerprint density at radius 3 is 1.76 bits per heavy atom. The number of rotatable bonds is 2. The molecule has 0 fully saturated rings. The van der Waals surface area contributed by atoms with Crippen molar-refractivity contribution in [3.05, 3.63) is 48.5 Å². The number of phenols is 1. The van der Waals surface area contributed by atoms with Crippen LogP contribution in [0.2, 0.25) is 0 Å². The summed E-state index contributed by atoms with van der Waals surface area (Å²) in [7, 11) is -2.43. The lowest BCUT2D eigenvalue weighted by Crippen LogP contribution is -1.76. The fourth-order valence-corrected chi connectivity index (χ4v) is 1.75. The van der Waals surface area contributed by atoms with Crippen molar-refractivity contribution in [3.8, 4) is 16.9 Å². The molecule has 0 amide bonds. The summed E-state index contributed by atoms with van der Waals surface area (Å²) in [4.78, 5) is 0. The van der Waals surface area contributed by atoms with Crippen LogP contribution in [0, 0.1) is 0 Å². The lowest BCUT2D eigenvalue weighted by atomic mass is 10.1. The molecule has 0 aliphatic heterocycles. The van der Waals surface area contributed by atoms with Gasteiger partial charge in [0.25, 0.3) is 0 Å². The Morgan fingerprint density at radius 2 is 1.29 bits per heavy atom. The number of aromatic hydroxyl groups is 1. The molecular weight excluding hydrogens is 238 g/mol. The van der Waals surface area contributed by atoms with E-state index in [9.17, 15) is 8.42 Å². The summed E-state index contributed by atoms with van der Waals surface area (Å²) < 4.78 is 24.1. The molecule has 0 radical (unpaired) electrons. The zero-order valence-corrected chi connectivity index (χ0v) is 9.55. The summed E-state index contributed by atoms with van der Waals surface area (Å²) in [5, 5.41) is 9.16. The molecule has 2 aromatic carbocycles. The van der Waals surface area contributed by atoms with E-state index in [-0.39, 0.29) is 5.75 Å². The fourth-order valence-electron chi connectivity index (χ4n) is 1.45. The first-order valence-corrected chi connectivity index (χ1v) is 5.89. The van der Waals surface area contributed by atoms with Crippen molar-refractivity contribution >= 4 is 16.2 Å². The number of nitrogens with zero attached hydrogens (tertiary/aromatic N) is 1. The van der Waals surface area contributed by atoms with Crippen LogP contribution in [0.1, 0.15) is 0 Å². The maximum absolute atomic E-state index is 10.4. The van der Waals surface area contributed by atoms with Crippen LogP contribution in [0.5, 0.6) is 5.75 Å². The Hall–Kier alpha value is -2.14. The van der Waals surface area contributed by atoms with E-state index in [1.54, 1.807) is 48.5 Å². The summed E-state index contributed by atoms with van der Waals surface area (Å²) in [6, 6.07) is 13.6. The Kier molecular flexibility index (Phi) is 3.20. The van der Waals surface area contributed by atoms with Crippen molar-refractivity contribution in [2.75, 3.05) is 0 Å². The van der Waals surface area contributed by atoms with Crippen LogP contribution < -0.4 is 0 Å². The van der Waals surface area contributed by atoms with Crippen LogP contribution in [0.25, 0.3) is 11.1 Å². The van der Waals surface area contributed by atoms with Gasteiger partial charge in [-0.2, -0.15) is 8.42 Å². The molecular formula is C12H9NO3S. The average Bonchev–Trinajstić information content (AvgIpc) is 2.30. The van der Waals surface area contributed by atoms with Crippen LogP contribution >= 0.6 is 0 Å². The minimum absolute atomic E-state index is 0.210. The van der Waals surface area contributed by atoms with Gasteiger partial charge in [-0.15, -0.1) is 4.36 Å². The molecule has 0 spiro atoms. The van der Waals surface area contributed by atoms with Gasteiger partial charge >= 0.3 is 10.5 Å². The second kappa shape index (κ2) is 4.80. The highest BCUT2D eigenvalue weighted by atomic mass is 32.2. The molecule has 5 heteroatoms. The van der Waals surface area contributed by atoms with E-state index >= 15 is 0 Å². The molecule has 0 aliphatic rings. The topological polar surface area (TPSA) is 66.7 Å². The van der Waals surface area contributed by atoms with Crippen molar-refractivity contribution in [1.82, 2.24) is 0 Å². The molecule has 0 atom stereocenters. The van der Waals surface area contributed by atoms with Gasteiger partial charge < -0.3 is 5.11 Å². The lowest BCUT2D eigenvalue weighted by molar-refractivity contribution is 0.475. The molecule has 0 aromatic heterocycles. The molecule has 0 heterocycles. The van der Waals surface area contributed by atoms with E-state index in [4.69, 9.17) is 5.11 Å². The molecule has 0 aliphatic carbocycles. The van der Waals surface area contributed by atoms with E-state index in [0.717, 1.165) is 11.1 Å². The van der Waals surface area contributed by atoms with Gasteiger partial charge in [0.05, 0.1) is 5.69 Å². The van der Waals surface area contributed by atoms with Crippen molar-refractivity contribution in [2.45, 2.75) is 0 Å². The van der Waals surface area contributed by atoms with E-state index < -0.39 is 10.5 Å². The zero-order chi connectivity index (χ0) is 12.3. The largest absolute Gasteiger partial charge is 0.508 e. The zero-order valence-electron chi connectivity index (χ0n) is 8.74. The van der Waals surface area contributed by atoms with Crippen molar-refractivity contribution in [1.29, 1.82) is 0 Å². The molecule has 0 saturated heterocycles. The average molecular weight is 247 g/mol. The highest BCUT2D eigenvalue weighted by Gasteiger charge is 1.98.